The summed E-state index contributed by atoms with van der Waals surface area (Å²) in [6.07, 6.45) is 3.03. The Kier molecular flexibility index (Phi) is 4.42. The lowest BCUT2D eigenvalue weighted by Crippen LogP contribution is -2.32. The monoisotopic (exact) mass is 425 g/mol. The predicted molar refractivity (Wildman–Crippen MR) is 117 cm³/mol. The van der Waals surface area contributed by atoms with Gasteiger partial charge in [-0.25, -0.2) is 4.98 Å². The van der Waals surface area contributed by atoms with E-state index in [1.54, 1.807) is 11.1 Å². The number of hydrogen-bond donors (Lipinski definition) is 1. The lowest BCUT2D eigenvalue weighted by molar-refractivity contribution is -0.135. The van der Waals surface area contributed by atoms with Gasteiger partial charge in [0.1, 0.15) is 11.2 Å². The number of anilines is 1. The number of aromatic nitrogens is 3. The average Bonchev–Trinajstić information content (AvgIpc) is 3.33. The Morgan fingerprint density at radius 2 is 2.03 bits per heavy atom. The molecule has 5 rings (SSSR count). The fourth-order valence-corrected chi connectivity index (χ4v) is 4.63. The summed E-state index contributed by atoms with van der Waals surface area (Å²) in [4.78, 5) is 24.0. The Balaban J connectivity index is 1.54. The maximum atomic E-state index is 13.1. The highest BCUT2D eigenvalue weighted by Gasteiger charge is 2.53. The molecule has 160 valence electrons. The summed E-state index contributed by atoms with van der Waals surface area (Å²) in [6, 6.07) is 10.1. The largest absolute Gasteiger partial charge is 0.363 e. The summed E-state index contributed by atoms with van der Waals surface area (Å²) in [5.74, 6) is 1.16. The van der Waals surface area contributed by atoms with Crippen LogP contribution in [0.5, 0.6) is 0 Å². The number of rotatable bonds is 4. The van der Waals surface area contributed by atoms with Crippen LogP contribution in [-0.4, -0.2) is 25.2 Å². The molecule has 0 bridgehead atoms. The van der Waals surface area contributed by atoms with E-state index in [4.69, 9.17) is 4.98 Å². The van der Waals surface area contributed by atoms with E-state index in [0.717, 1.165) is 28.1 Å². The first-order valence-corrected chi connectivity index (χ1v) is 10.7. The zero-order valence-electron chi connectivity index (χ0n) is 18.3. The van der Waals surface area contributed by atoms with Crippen LogP contribution < -0.4 is 5.32 Å². The lowest BCUT2D eigenvalue weighted by Gasteiger charge is -2.20. The first-order chi connectivity index (χ1) is 15.4. The van der Waals surface area contributed by atoms with Gasteiger partial charge in [-0.2, -0.15) is 15.5 Å². The highest BCUT2D eigenvalue weighted by molar-refractivity contribution is 5.89. The van der Waals surface area contributed by atoms with Crippen molar-refractivity contribution >= 4 is 17.5 Å². The summed E-state index contributed by atoms with van der Waals surface area (Å²) in [7, 11) is 0. The first-order valence-electron chi connectivity index (χ1n) is 10.7. The number of benzene rings is 1. The number of nitrogens with one attached hydrogen (secondary N) is 1. The fourth-order valence-electron chi connectivity index (χ4n) is 4.63. The molecule has 3 aromatic rings. The Morgan fingerprint density at radius 3 is 2.72 bits per heavy atom. The number of aryl methyl sites for hydroxylation is 1. The molecule has 0 saturated heterocycles. The fraction of sp³-hybridized carbons (Fsp3) is 0.375. The van der Waals surface area contributed by atoms with Gasteiger partial charge >= 0.3 is 0 Å². The SMILES string of the molecule is Cc1c(C#N)cccc1C(C)Nc1nc2ncc(C)n2c2c1CN(C(=O)C1(C#N)CC1)C2. The zero-order valence-corrected chi connectivity index (χ0v) is 18.3. The van der Waals surface area contributed by atoms with Crippen LogP contribution in [0, 0.1) is 41.9 Å². The number of nitriles is 2. The molecule has 1 saturated carbocycles. The van der Waals surface area contributed by atoms with Crippen molar-refractivity contribution in [3.63, 3.8) is 0 Å². The summed E-state index contributed by atoms with van der Waals surface area (Å²) in [5.41, 5.74) is 4.63. The molecule has 1 aromatic carbocycles. The molecule has 32 heavy (non-hydrogen) atoms. The van der Waals surface area contributed by atoms with Crippen LogP contribution in [0.4, 0.5) is 5.82 Å². The van der Waals surface area contributed by atoms with Crippen molar-refractivity contribution in [3.8, 4) is 12.1 Å². The molecule has 1 amide bonds. The van der Waals surface area contributed by atoms with Crippen molar-refractivity contribution in [1.82, 2.24) is 19.3 Å². The third kappa shape index (κ3) is 2.91. The second-order valence-electron chi connectivity index (χ2n) is 8.77. The number of amides is 1. The highest BCUT2D eigenvalue weighted by atomic mass is 16.2. The Hall–Kier alpha value is -3.91. The number of fused-ring (bicyclic) bond motifs is 3. The van der Waals surface area contributed by atoms with Gasteiger partial charge in [-0.05, 0) is 50.8 Å². The van der Waals surface area contributed by atoms with E-state index in [0.29, 0.717) is 43.1 Å². The van der Waals surface area contributed by atoms with Crippen LogP contribution in [0.15, 0.2) is 24.4 Å². The van der Waals surface area contributed by atoms with Gasteiger partial charge in [-0.1, -0.05) is 12.1 Å². The van der Waals surface area contributed by atoms with Crippen molar-refractivity contribution in [2.45, 2.75) is 52.7 Å². The van der Waals surface area contributed by atoms with E-state index in [-0.39, 0.29) is 11.9 Å². The van der Waals surface area contributed by atoms with Gasteiger partial charge in [-0.3, -0.25) is 9.20 Å². The molecule has 1 fully saturated rings. The number of carbonyl (C=O) groups is 1. The van der Waals surface area contributed by atoms with E-state index >= 15 is 0 Å². The van der Waals surface area contributed by atoms with E-state index in [1.165, 1.54) is 0 Å². The van der Waals surface area contributed by atoms with Crippen molar-refractivity contribution < 1.29 is 4.79 Å². The average molecular weight is 425 g/mol. The van der Waals surface area contributed by atoms with E-state index in [2.05, 4.69) is 22.4 Å². The van der Waals surface area contributed by atoms with E-state index in [1.807, 2.05) is 43.4 Å². The third-order valence-electron chi connectivity index (χ3n) is 6.70. The molecule has 8 nitrogen and oxygen atoms in total. The number of nitrogens with zero attached hydrogens (tertiary/aromatic N) is 6. The van der Waals surface area contributed by atoms with Gasteiger partial charge in [-0.15, -0.1) is 0 Å². The van der Waals surface area contributed by atoms with Gasteiger partial charge in [0, 0.05) is 11.3 Å². The molecule has 1 aliphatic heterocycles. The molecule has 0 radical (unpaired) electrons. The smallest absolute Gasteiger partial charge is 0.243 e. The molecule has 1 unspecified atom stereocenters. The van der Waals surface area contributed by atoms with Gasteiger partial charge in [0.2, 0.25) is 11.7 Å². The second kappa shape index (κ2) is 7.06. The highest BCUT2D eigenvalue weighted by Crippen LogP contribution is 2.48. The lowest BCUT2D eigenvalue weighted by atomic mass is 9.98. The quantitative estimate of drug-likeness (QED) is 0.685. The molecular formula is C24H23N7O. The van der Waals surface area contributed by atoms with Crippen LogP contribution in [-0.2, 0) is 17.9 Å². The normalized spacial score (nSPS) is 16.8. The van der Waals surface area contributed by atoms with Gasteiger partial charge in [0.05, 0.1) is 48.7 Å². The van der Waals surface area contributed by atoms with E-state index < -0.39 is 5.41 Å². The minimum absolute atomic E-state index is 0.0984. The summed E-state index contributed by atoms with van der Waals surface area (Å²) < 4.78 is 1.99. The van der Waals surface area contributed by atoms with Gasteiger partial charge in [0.25, 0.3) is 0 Å². The van der Waals surface area contributed by atoms with Crippen molar-refractivity contribution in [2.24, 2.45) is 5.41 Å². The minimum Gasteiger partial charge on any atom is -0.363 e. The minimum atomic E-state index is -0.853. The van der Waals surface area contributed by atoms with Crippen LogP contribution in [0.3, 0.4) is 0 Å². The van der Waals surface area contributed by atoms with Gasteiger partial charge < -0.3 is 10.2 Å². The van der Waals surface area contributed by atoms with Gasteiger partial charge in [0.15, 0.2) is 0 Å². The predicted octanol–water partition coefficient (Wildman–Crippen LogP) is 3.54. The molecule has 1 N–H and O–H groups in total. The van der Waals surface area contributed by atoms with Crippen molar-refractivity contribution in [3.05, 3.63) is 58.0 Å². The molecule has 2 aliphatic rings. The Bertz CT molecular complexity index is 1350. The van der Waals surface area contributed by atoms with Crippen molar-refractivity contribution in [1.29, 1.82) is 10.5 Å². The zero-order chi connectivity index (χ0) is 22.6. The molecular weight excluding hydrogens is 402 g/mol. The molecule has 1 aliphatic carbocycles. The maximum Gasteiger partial charge on any atom is 0.243 e. The van der Waals surface area contributed by atoms with Crippen LogP contribution in [0.2, 0.25) is 0 Å². The number of imidazole rings is 1. The van der Waals surface area contributed by atoms with E-state index in [9.17, 15) is 15.3 Å². The Labute approximate surface area is 186 Å². The van der Waals surface area contributed by atoms with Crippen LogP contribution in [0.25, 0.3) is 5.78 Å². The summed E-state index contributed by atoms with van der Waals surface area (Å²) >= 11 is 0. The molecule has 8 heteroatoms. The molecule has 0 spiro atoms. The number of carbonyl (C=O) groups excluding carboxylic acids is 1. The van der Waals surface area contributed by atoms with Crippen molar-refractivity contribution in [2.75, 3.05) is 5.32 Å². The molecule has 3 heterocycles. The maximum absolute atomic E-state index is 13.1. The molecule has 2 aromatic heterocycles. The first kappa shape index (κ1) is 20.0. The topological polar surface area (TPSA) is 110 Å². The standard InChI is InChI=1S/C24H23N7O/c1-14-10-27-23-29-21(28-16(3)18-6-4-5-17(9-25)15(18)2)19-11-30(12-20(19)31(14)23)22(32)24(13-26)7-8-24/h4-6,10,16H,7-8,11-12H2,1-3H3,(H,27,28,29). The summed E-state index contributed by atoms with van der Waals surface area (Å²) in [6.45, 7) is 6.79. The number of hydrogen-bond acceptors (Lipinski definition) is 6. The summed E-state index contributed by atoms with van der Waals surface area (Å²) in [5, 5.41) is 22.4. The third-order valence-corrected chi connectivity index (χ3v) is 6.70. The Morgan fingerprint density at radius 1 is 1.25 bits per heavy atom. The van der Waals surface area contributed by atoms with Crippen LogP contribution in [0.1, 0.15) is 59.4 Å². The molecule has 1 atom stereocenters. The van der Waals surface area contributed by atoms with Crippen LogP contribution >= 0.6 is 0 Å². The second-order valence-corrected chi connectivity index (χ2v) is 8.77.